The highest BCUT2D eigenvalue weighted by atomic mass is 32.1. The minimum absolute atomic E-state index is 0.0211. The molecule has 0 bridgehead atoms. The molecule has 0 aliphatic heterocycles. The summed E-state index contributed by atoms with van der Waals surface area (Å²) >= 11 is 0.340. The second-order valence-electron chi connectivity index (χ2n) is 5.08. The summed E-state index contributed by atoms with van der Waals surface area (Å²) < 4.78 is 37.7. The molecule has 1 aromatic heterocycles. The van der Waals surface area contributed by atoms with Crippen LogP contribution in [0.25, 0.3) is 10.8 Å². The number of rotatable bonds is 3. The fraction of sp³-hybridized carbons (Fsp3) is 0.0588. The molecule has 8 heteroatoms. The quantitative estimate of drug-likeness (QED) is 0.535. The Morgan fingerprint density at radius 1 is 1.12 bits per heavy atom. The molecule has 0 atom stereocenters. The van der Waals surface area contributed by atoms with Crippen molar-refractivity contribution in [3.05, 3.63) is 63.8 Å². The normalized spacial score (nSPS) is 12.0. The van der Waals surface area contributed by atoms with Crippen LogP contribution < -0.4 is 5.43 Å². The average Bonchev–Trinajstić information content (AvgIpc) is 3.07. The van der Waals surface area contributed by atoms with E-state index in [1.807, 2.05) is 12.1 Å². The number of benzene rings is 2. The second kappa shape index (κ2) is 6.56. The molecule has 25 heavy (non-hydrogen) atoms. The minimum atomic E-state index is -4.48. The van der Waals surface area contributed by atoms with Gasteiger partial charge in [-0.05, 0) is 29.0 Å². The van der Waals surface area contributed by atoms with E-state index in [1.54, 1.807) is 18.2 Å². The monoisotopic (exact) mass is 364 g/mol. The Labute approximate surface area is 144 Å². The molecule has 0 unspecified atom stereocenters. The zero-order valence-electron chi connectivity index (χ0n) is 12.5. The number of hydrogen-bond acceptors (Lipinski definition) is 4. The summed E-state index contributed by atoms with van der Waals surface area (Å²) in [6, 6.07) is 12.5. The highest BCUT2D eigenvalue weighted by Gasteiger charge is 2.33. The van der Waals surface area contributed by atoms with Gasteiger partial charge in [0.1, 0.15) is 10.6 Å². The van der Waals surface area contributed by atoms with Crippen molar-refractivity contribution in [1.29, 1.82) is 0 Å². The predicted molar refractivity (Wildman–Crippen MR) is 90.0 cm³/mol. The average molecular weight is 364 g/mol. The summed E-state index contributed by atoms with van der Waals surface area (Å²) in [4.78, 5) is 10.9. The molecule has 0 aliphatic carbocycles. The van der Waals surface area contributed by atoms with Gasteiger partial charge in [0.2, 0.25) is 0 Å². The lowest BCUT2D eigenvalue weighted by molar-refractivity contribution is -0.134. The number of carbonyl (C=O) groups excluding carboxylic acids is 1. The lowest BCUT2D eigenvalue weighted by Crippen LogP contribution is -2.16. The van der Waals surface area contributed by atoms with Gasteiger partial charge in [-0.15, -0.1) is 11.3 Å². The Balaban J connectivity index is 1.79. The van der Waals surface area contributed by atoms with Crippen LogP contribution in [0.2, 0.25) is 0 Å². The summed E-state index contributed by atoms with van der Waals surface area (Å²) in [5.41, 5.74) is 2.57. The first kappa shape index (κ1) is 17.0. The molecule has 0 aliphatic rings. The van der Waals surface area contributed by atoms with Gasteiger partial charge in [-0.2, -0.15) is 18.3 Å². The molecule has 0 spiro atoms. The zero-order chi connectivity index (χ0) is 18.0. The van der Waals surface area contributed by atoms with Gasteiger partial charge in [-0.3, -0.25) is 4.79 Å². The number of alkyl halides is 3. The van der Waals surface area contributed by atoms with Crippen LogP contribution in [0.5, 0.6) is 5.75 Å². The number of halogens is 3. The van der Waals surface area contributed by atoms with Gasteiger partial charge in [-0.1, -0.05) is 30.3 Å². The van der Waals surface area contributed by atoms with E-state index < -0.39 is 17.0 Å². The molecule has 4 nitrogen and oxygen atoms in total. The number of amides is 1. The number of hydrazone groups is 1. The molecular weight excluding hydrogens is 353 g/mol. The van der Waals surface area contributed by atoms with Crippen LogP contribution in [-0.2, 0) is 6.18 Å². The highest BCUT2D eigenvalue weighted by molar-refractivity contribution is 7.14. The lowest BCUT2D eigenvalue weighted by Gasteiger charge is -2.04. The molecule has 3 aromatic rings. The molecule has 1 heterocycles. The zero-order valence-corrected chi connectivity index (χ0v) is 13.4. The van der Waals surface area contributed by atoms with E-state index >= 15 is 0 Å². The summed E-state index contributed by atoms with van der Waals surface area (Å²) in [7, 11) is 0. The van der Waals surface area contributed by atoms with Gasteiger partial charge in [0.05, 0.1) is 11.1 Å². The number of nitrogens with zero attached hydrogens (tertiary/aromatic N) is 1. The molecule has 0 fully saturated rings. The highest BCUT2D eigenvalue weighted by Crippen LogP contribution is 2.34. The molecule has 0 radical (unpaired) electrons. The van der Waals surface area contributed by atoms with Gasteiger partial charge < -0.3 is 5.11 Å². The van der Waals surface area contributed by atoms with Gasteiger partial charge in [0.15, 0.2) is 0 Å². The predicted octanol–water partition coefficient (Wildman–Crippen LogP) is 4.39. The molecule has 2 N–H and O–H groups in total. The van der Waals surface area contributed by atoms with Crippen LogP contribution in [0.3, 0.4) is 0 Å². The van der Waals surface area contributed by atoms with Gasteiger partial charge in [-0.25, -0.2) is 5.43 Å². The second-order valence-corrected chi connectivity index (χ2v) is 6.16. The largest absolute Gasteiger partial charge is 0.507 e. The lowest BCUT2D eigenvalue weighted by atomic mass is 10.0. The first-order valence-electron chi connectivity index (χ1n) is 7.07. The fourth-order valence-corrected chi connectivity index (χ4v) is 3.01. The summed E-state index contributed by atoms with van der Waals surface area (Å²) in [6.45, 7) is 0. The third-order valence-corrected chi connectivity index (χ3v) is 4.55. The maximum absolute atomic E-state index is 12.6. The van der Waals surface area contributed by atoms with Crippen molar-refractivity contribution in [2.75, 3.05) is 0 Å². The van der Waals surface area contributed by atoms with Crippen LogP contribution in [0.15, 0.2) is 53.6 Å². The maximum atomic E-state index is 12.6. The number of thiophene rings is 1. The molecule has 0 saturated carbocycles. The standard InChI is InChI=1S/C17H11F3N2O2S/c18-17(19,20)15-8-7-14(25-15)16(24)22-21-9-12-11-4-2-1-3-10(11)5-6-13(12)23/h1-9,23H,(H,22,24)/b21-9+. The smallest absolute Gasteiger partial charge is 0.425 e. The van der Waals surface area contributed by atoms with Crippen molar-refractivity contribution in [3.63, 3.8) is 0 Å². The maximum Gasteiger partial charge on any atom is 0.425 e. The number of hydrogen-bond donors (Lipinski definition) is 2. The Hall–Kier alpha value is -2.87. The Morgan fingerprint density at radius 3 is 2.60 bits per heavy atom. The van der Waals surface area contributed by atoms with Crippen LogP contribution in [0.1, 0.15) is 20.1 Å². The molecular formula is C17H11F3N2O2S. The molecule has 128 valence electrons. The number of aromatic hydroxyl groups is 1. The summed E-state index contributed by atoms with van der Waals surface area (Å²) in [6.07, 6.45) is -3.23. The van der Waals surface area contributed by atoms with Crippen molar-refractivity contribution in [1.82, 2.24) is 5.43 Å². The Kier molecular flexibility index (Phi) is 4.45. The van der Waals surface area contributed by atoms with E-state index in [9.17, 15) is 23.1 Å². The number of carbonyl (C=O) groups is 1. The van der Waals surface area contributed by atoms with Crippen molar-refractivity contribution < 1.29 is 23.1 Å². The topological polar surface area (TPSA) is 61.7 Å². The third-order valence-electron chi connectivity index (χ3n) is 3.42. The van der Waals surface area contributed by atoms with Crippen LogP contribution >= 0.6 is 11.3 Å². The van der Waals surface area contributed by atoms with Crippen molar-refractivity contribution in [2.45, 2.75) is 6.18 Å². The SMILES string of the molecule is O=C(N/N=C/c1c(O)ccc2ccccc12)c1ccc(C(F)(F)F)s1. The van der Waals surface area contributed by atoms with Crippen molar-refractivity contribution in [2.24, 2.45) is 5.10 Å². The van der Waals surface area contributed by atoms with Gasteiger partial charge >= 0.3 is 6.18 Å². The van der Waals surface area contributed by atoms with Crippen molar-refractivity contribution >= 4 is 34.2 Å². The summed E-state index contributed by atoms with van der Waals surface area (Å²) in [5.74, 6) is -0.774. The molecule has 3 rings (SSSR count). The van der Waals surface area contributed by atoms with E-state index in [0.29, 0.717) is 16.9 Å². The van der Waals surface area contributed by atoms with Gasteiger partial charge in [0, 0.05) is 5.56 Å². The van der Waals surface area contributed by atoms with E-state index in [1.165, 1.54) is 12.3 Å². The van der Waals surface area contributed by atoms with E-state index in [-0.39, 0.29) is 10.6 Å². The Bertz CT molecular complexity index is 964. The van der Waals surface area contributed by atoms with Crippen molar-refractivity contribution in [3.8, 4) is 5.75 Å². The number of phenolic OH excluding ortho intramolecular Hbond substituents is 1. The first-order chi connectivity index (χ1) is 11.9. The van der Waals surface area contributed by atoms with Crippen LogP contribution in [-0.4, -0.2) is 17.2 Å². The van der Waals surface area contributed by atoms with Gasteiger partial charge in [0.25, 0.3) is 5.91 Å². The van der Waals surface area contributed by atoms with E-state index in [4.69, 9.17) is 0 Å². The number of phenols is 1. The number of nitrogens with one attached hydrogen (secondary N) is 1. The first-order valence-corrected chi connectivity index (χ1v) is 7.89. The molecule has 0 saturated heterocycles. The van der Waals surface area contributed by atoms with E-state index in [0.717, 1.165) is 22.9 Å². The number of fused-ring (bicyclic) bond motifs is 1. The molecule has 1 amide bonds. The summed E-state index contributed by atoms with van der Waals surface area (Å²) in [5, 5.41) is 15.3. The molecule has 2 aromatic carbocycles. The van der Waals surface area contributed by atoms with Crippen LogP contribution in [0.4, 0.5) is 13.2 Å². The minimum Gasteiger partial charge on any atom is -0.507 e. The van der Waals surface area contributed by atoms with Crippen LogP contribution in [0, 0.1) is 0 Å². The van der Waals surface area contributed by atoms with E-state index in [2.05, 4.69) is 10.5 Å². The Morgan fingerprint density at radius 2 is 1.88 bits per heavy atom. The fourth-order valence-electron chi connectivity index (χ4n) is 2.24. The third kappa shape index (κ3) is 3.63.